The second kappa shape index (κ2) is 8.77. The number of hydrogen-bond acceptors (Lipinski definition) is 5. The lowest BCUT2D eigenvalue weighted by atomic mass is 10.1. The van der Waals surface area contributed by atoms with Gasteiger partial charge in [-0.1, -0.05) is 29.8 Å². The molecular weight excluding hydrogens is 396 g/mol. The molecule has 0 saturated carbocycles. The number of para-hydroxylation sites is 1. The lowest BCUT2D eigenvalue weighted by Gasteiger charge is -2.35. The van der Waals surface area contributed by atoms with E-state index in [9.17, 15) is 14.4 Å². The Morgan fingerprint density at radius 1 is 1.06 bits per heavy atom. The average Bonchev–Trinajstić information content (AvgIpc) is 2.77. The molecule has 1 aliphatic rings. The van der Waals surface area contributed by atoms with Crippen LogP contribution in [0.25, 0.3) is 10.9 Å². The summed E-state index contributed by atoms with van der Waals surface area (Å²) in [5.41, 5.74) is 1.76. The fourth-order valence-corrected chi connectivity index (χ4v) is 4.01. The van der Waals surface area contributed by atoms with Crippen molar-refractivity contribution in [2.75, 3.05) is 33.3 Å². The molecule has 1 N–H and O–H groups in total. The minimum atomic E-state index is -0.567. The Morgan fingerprint density at radius 2 is 1.81 bits per heavy atom. The van der Waals surface area contributed by atoms with Gasteiger partial charge in [0.25, 0.3) is 5.56 Å². The summed E-state index contributed by atoms with van der Waals surface area (Å²) in [5, 5.41) is 0.395. The highest BCUT2D eigenvalue weighted by molar-refractivity contribution is 5.79. The maximum Gasteiger partial charge on any atom is 0.329 e. The first-order chi connectivity index (χ1) is 15.0. The maximum atomic E-state index is 12.8. The molecule has 0 spiro atoms. The molecule has 0 aliphatic carbocycles. The second-order valence-electron chi connectivity index (χ2n) is 7.84. The lowest BCUT2D eigenvalue weighted by molar-refractivity contribution is -0.133. The monoisotopic (exact) mass is 422 g/mol. The third-order valence-corrected chi connectivity index (χ3v) is 5.74. The minimum absolute atomic E-state index is 0.226. The standard InChI is InChI=1S/C23H26N4O4/c1-16-7-8-20(31-2)17(13-16)14-25-9-11-26(12-10-25)21(28)15-27-22(29)18-5-3-4-6-19(18)24-23(27)30/h3-8,13H,9-12,14-15H2,1-2H3,(H,24,30). The zero-order chi connectivity index (χ0) is 22.0. The van der Waals surface area contributed by atoms with Crippen molar-refractivity contribution in [1.29, 1.82) is 0 Å². The van der Waals surface area contributed by atoms with E-state index in [0.29, 0.717) is 37.1 Å². The van der Waals surface area contributed by atoms with Crippen molar-refractivity contribution < 1.29 is 9.53 Å². The summed E-state index contributed by atoms with van der Waals surface area (Å²) >= 11 is 0. The minimum Gasteiger partial charge on any atom is -0.496 e. The van der Waals surface area contributed by atoms with E-state index in [-0.39, 0.29) is 12.5 Å². The molecule has 3 aromatic rings. The average molecular weight is 422 g/mol. The molecule has 2 aromatic carbocycles. The number of aromatic nitrogens is 2. The second-order valence-corrected chi connectivity index (χ2v) is 7.84. The SMILES string of the molecule is COc1ccc(C)cc1CN1CCN(C(=O)Cn2c(=O)[nH]c3ccccc3c2=O)CC1. The quantitative estimate of drug-likeness (QED) is 0.671. The van der Waals surface area contributed by atoms with Crippen LogP contribution in [0, 0.1) is 6.92 Å². The van der Waals surface area contributed by atoms with Crippen LogP contribution in [0.4, 0.5) is 0 Å². The summed E-state index contributed by atoms with van der Waals surface area (Å²) in [4.78, 5) is 44.4. The van der Waals surface area contributed by atoms with E-state index in [0.717, 1.165) is 22.4 Å². The fraction of sp³-hybridized carbons (Fsp3) is 0.348. The number of amides is 1. The Bertz CT molecular complexity index is 1220. The van der Waals surface area contributed by atoms with E-state index >= 15 is 0 Å². The lowest BCUT2D eigenvalue weighted by Crippen LogP contribution is -2.50. The van der Waals surface area contributed by atoms with Gasteiger partial charge in [-0.05, 0) is 25.1 Å². The van der Waals surface area contributed by atoms with Crippen molar-refractivity contribution in [2.24, 2.45) is 0 Å². The number of aromatic amines is 1. The zero-order valence-corrected chi connectivity index (χ0v) is 17.8. The molecule has 1 amide bonds. The van der Waals surface area contributed by atoms with Crippen molar-refractivity contribution in [1.82, 2.24) is 19.4 Å². The van der Waals surface area contributed by atoms with E-state index in [2.05, 4.69) is 22.9 Å². The van der Waals surface area contributed by atoms with Crippen LogP contribution in [0.15, 0.2) is 52.1 Å². The summed E-state index contributed by atoms with van der Waals surface area (Å²) in [6, 6.07) is 12.9. The van der Waals surface area contributed by atoms with Crippen LogP contribution in [0.1, 0.15) is 11.1 Å². The molecule has 0 bridgehead atoms. The van der Waals surface area contributed by atoms with Gasteiger partial charge >= 0.3 is 5.69 Å². The van der Waals surface area contributed by atoms with Gasteiger partial charge < -0.3 is 14.6 Å². The highest BCUT2D eigenvalue weighted by Crippen LogP contribution is 2.22. The number of nitrogens with one attached hydrogen (secondary N) is 1. The Morgan fingerprint density at radius 3 is 2.55 bits per heavy atom. The molecule has 4 rings (SSSR count). The van der Waals surface area contributed by atoms with Crippen LogP contribution in [-0.4, -0.2) is 58.5 Å². The molecule has 1 aliphatic heterocycles. The fourth-order valence-electron chi connectivity index (χ4n) is 4.01. The molecule has 0 radical (unpaired) electrons. The highest BCUT2D eigenvalue weighted by Gasteiger charge is 2.23. The van der Waals surface area contributed by atoms with Gasteiger partial charge in [-0.2, -0.15) is 0 Å². The van der Waals surface area contributed by atoms with Crippen LogP contribution < -0.4 is 16.0 Å². The van der Waals surface area contributed by atoms with Crippen molar-refractivity contribution in [3.8, 4) is 5.75 Å². The Hall–Kier alpha value is -3.39. The highest BCUT2D eigenvalue weighted by atomic mass is 16.5. The van der Waals surface area contributed by atoms with Crippen LogP contribution in [0.5, 0.6) is 5.75 Å². The van der Waals surface area contributed by atoms with Crippen LogP contribution in [0.2, 0.25) is 0 Å². The molecule has 8 nitrogen and oxygen atoms in total. The zero-order valence-electron chi connectivity index (χ0n) is 17.8. The maximum absolute atomic E-state index is 12.8. The van der Waals surface area contributed by atoms with Gasteiger partial charge in [-0.25, -0.2) is 4.79 Å². The van der Waals surface area contributed by atoms with Crippen LogP contribution in [-0.2, 0) is 17.9 Å². The number of piperazine rings is 1. The molecule has 1 saturated heterocycles. The van der Waals surface area contributed by atoms with Gasteiger partial charge in [0, 0.05) is 38.3 Å². The number of fused-ring (bicyclic) bond motifs is 1. The number of aryl methyl sites for hydroxylation is 1. The predicted molar refractivity (Wildman–Crippen MR) is 118 cm³/mol. The number of rotatable bonds is 5. The first kappa shape index (κ1) is 20.9. The number of hydrogen-bond donors (Lipinski definition) is 1. The molecule has 162 valence electrons. The van der Waals surface area contributed by atoms with Crippen molar-refractivity contribution in [2.45, 2.75) is 20.0 Å². The number of H-pyrrole nitrogens is 1. The van der Waals surface area contributed by atoms with Gasteiger partial charge in [-0.15, -0.1) is 0 Å². The van der Waals surface area contributed by atoms with E-state index in [1.807, 2.05) is 12.1 Å². The third-order valence-electron chi connectivity index (χ3n) is 5.74. The van der Waals surface area contributed by atoms with Gasteiger partial charge in [0.05, 0.1) is 18.0 Å². The Kier molecular flexibility index (Phi) is 5.90. The van der Waals surface area contributed by atoms with E-state index in [1.54, 1.807) is 36.3 Å². The number of carbonyl (C=O) groups excluding carboxylic acids is 1. The largest absolute Gasteiger partial charge is 0.496 e. The van der Waals surface area contributed by atoms with E-state index < -0.39 is 11.2 Å². The summed E-state index contributed by atoms with van der Waals surface area (Å²) < 4.78 is 6.45. The number of benzene rings is 2. The first-order valence-corrected chi connectivity index (χ1v) is 10.3. The molecular formula is C23H26N4O4. The van der Waals surface area contributed by atoms with Crippen molar-refractivity contribution in [3.05, 3.63) is 74.4 Å². The molecule has 31 heavy (non-hydrogen) atoms. The van der Waals surface area contributed by atoms with Gasteiger partial charge in [0.15, 0.2) is 0 Å². The number of ether oxygens (including phenoxy) is 1. The molecule has 1 fully saturated rings. The topological polar surface area (TPSA) is 87.6 Å². The summed E-state index contributed by atoms with van der Waals surface area (Å²) in [6.45, 7) is 5.06. The molecule has 2 heterocycles. The van der Waals surface area contributed by atoms with E-state index in [1.165, 1.54) is 5.56 Å². The number of nitrogens with zero attached hydrogens (tertiary/aromatic N) is 3. The molecule has 8 heteroatoms. The normalized spacial score (nSPS) is 14.7. The van der Waals surface area contributed by atoms with Gasteiger partial charge in [0.2, 0.25) is 5.91 Å². The summed E-state index contributed by atoms with van der Waals surface area (Å²) in [5.74, 6) is 0.634. The first-order valence-electron chi connectivity index (χ1n) is 10.3. The van der Waals surface area contributed by atoms with Crippen molar-refractivity contribution in [3.63, 3.8) is 0 Å². The van der Waals surface area contributed by atoms with Crippen LogP contribution >= 0.6 is 0 Å². The molecule has 0 atom stereocenters. The summed E-state index contributed by atoms with van der Waals surface area (Å²) in [7, 11) is 1.67. The number of methoxy groups -OCH3 is 1. The molecule has 1 aromatic heterocycles. The number of carbonyl (C=O) groups is 1. The van der Waals surface area contributed by atoms with Crippen molar-refractivity contribution >= 4 is 16.8 Å². The van der Waals surface area contributed by atoms with Crippen LogP contribution in [0.3, 0.4) is 0 Å². The predicted octanol–water partition coefficient (Wildman–Crippen LogP) is 1.35. The third kappa shape index (κ3) is 4.39. The smallest absolute Gasteiger partial charge is 0.329 e. The Balaban J connectivity index is 1.41. The van der Waals surface area contributed by atoms with Gasteiger partial charge in [-0.3, -0.25) is 19.1 Å². The van der Waals surface area contributed by atoms with Gasteiger partial charge in [0.1, 0.15) is 12.3 Å². The van der Waals surface area contributed by atoms with E-state index in [4.69, 9.17) is 4.74 Å². The summed E-state index contributed by atoms with van der Waals surface area (Å²) in [6.07, 6.45) is 0. The Labute approximate surface area is 179 Å². The molecule has 0 unspecified atom stereocenters.